The summed E-state index contributed by atoms with van der Waals surface area (Å²) in [4.78, 5) is 0. The molecule has 3 heteroatoms. The van der Waals surface area contributed by atoms with Crippen molar-refractivity contribution in [3.8, 4) is 5.75 Å². The van der Waals surface area contributed by atoms with Gasteiger partial charge in [0.1, 0.15) is 5.75 Å². The van der Waals surface area contributed by atoms with Gasteiger partial charge in [-0.25, -0.2) is 0 Å². The Morgan fingerprint density at radius 3 is 1.74 bits per heavy atom. The zero-order chi connectivity index (χ0) is 17.4. The van der Waals surface area contributed by atoms with E-state index in [1.165, 1.54) is 0 Å². The maximum absolute atomic E-state index is 14.7. The number of hydrogen-bond donors (Lipinski definition) is 0. The van der Waals surface area contributed by atoms with Crippen LogP contribution < -0.4 is 4.74 Å². The Morgan fingerprint density at radius 1 is 0.826 bits per heavy atom. The Bertz CT molecular complexity index is 686. The number of halogens is 2. The van der Waals surface area contributed by atoms with Crippen molar-refractivity contribution in [1.82, 2.24) is 0 Å². The van der Waals surface area contributed by atoms with Crippen LogP contribution in [0.1, 0.15) is 45.9 Å². The molecule has 0 fully saturated rings. The van der Waals surface area contributed by atoms with Crippen LogP contribution in [0.15, 0.2) is 24.3 Å². The third-order valence-corrected chi connectivity index (χ3v) is 4.44. The van der Waals surface area contributed by atoms with Gasteiger partial charge < -0.3 is 4.74 Å². The lowest BCUT2D eigenvalue weighted by Crippen LogP contribution is -2.24. The van der Waals surface area contributed by atoms with E-state index in [1.807, 2.05) is 39.8 Å². The summed E-state index contributed by atoms with van der Waals surface area (Å²) in [7, 11) is 0. The molecule has 0 amide bonds. The summed E-state index contributed by atoms with van der Waals surface area (Å²) in [6, 6.07) is 6.96. The topological polar surface area (TPSA) is 9.23 Å². The van der Waals surface area contributed by atoms with Gasteiger partial charge in [-0.3, -0.25) is 0 Å². The molecule has 0 saturated heterocycles. The van der Waals surface area contributed by atoms with Crippen molar-refractivity contribution in [3.05, 3.63) is 63.2 Å². The van der Waals surface area contributed by atoms with Gasteiger partial charge in [-0.2, -0.15) is 8.78 Å². The standard InChI is InChI=1S/C20H24F2O/c1-7-17-8-14(4)19(15(5)9-17)20(21,22)23-18-10-12(2)16(6)13(3)11-18/h8-11H,7H2,1-6H3. The largest absolute Gasteiger partial charge is 0.429 e. The highest BCUT2D eigenvalue weighted by atomic mass is 19.3. The molecule has 0 aliphatic carbocycles. The fourth-order valence-electron chi connectivity index (χ4n) is 2.97. The number of hydrogen-bond acceptors (Lipinski definition) is 1. The summed E-state index contributed by atoms with van der Waals surface area (Å²) in [5, 5.41) is 0. The Kier molecular flexibility index (Phi) is 4.79. The number of rotatable bonds is 4. The van der Waals surface area contributed by atoms with Gasteiger partial charge in [-0.1, -0.05) is 19.1 Å². The maximum atomic E-state index is 14.7. The van der Waals surface area contributed by atoms with Crippen molar-refractivity contribution in [2.75, 3.05) is 0 Å². The normalized spacial score (nSPS) is 11.7. The summed E-state index contributed by atoms with van der Waals surface area (Å²) in [6.45, 7) is 11.2. The van der Waals surface area contributed by atoms with E-state index < -0.39 is 6.11 Å². The Hall–Kier alpha value is -1.90. The second-order valence-electron chi connectivity index (χ2n) is 6.26. The molecule has 0 N–H and O–H groups in total. The first-order valence-electron chi connectivity index (χ1n) is 7.91. The summed E-state index contributed by atoms with van der Waals surface area (Å²) < 4.78 is 34.6. The van der Waals surface area contributed by atoms with E-state index >= 15 is 0 Å². The molecule has 0 unspecified atom stereocenters. The highest BCUT2D eigenvalue weighted by molar-refractivity contribution is 5.43. The van der Waals surface area contributed by atoms with Gasteiger partial charge in [-0.15, -0.1) is 0 Å². The molecule has 0 saturated carbocycles. The van der Waals surface area contributed by atoms with E-state index in [0.29, 0.717) is 11.1 Å². The van der Waals surface area contributed by atoms with Crippen molar-refractivity contribution in [3.63, 3.8) is 0 Å². The van der Waals surface area contributed by atoms with Gasteiger partial charge in [0.25, 0.3) is 0 Å². The summed E-state index contributed by atoms with van der Waals surface area (Å²) in [6.07, 6.45) is -2.53. The zero-order valence-electron chi connectivity index (χ0n) is 14.7. The number of aryl methyl sites for hydroxylation is 5. The summed E-state index contributed by atoms with van der Waals surface area (Å²) >= 11 is 0. The van der Waals surface area contributed by atoms with Crippen molar-refractivity contribution in [2.24, 2.45) is 0 Å². The van der Waals surface area contributed by atoms with Gasteiger partial charge in [0.15, 0.2) is 0 Å². The first-order chi connectivity index (χ1) is 10.7. The average molecular weight is 318 g/mol. The molecule has 0 aliphatic rings. The minimum atomic E-state index is -3.35. The molecule has 0 spiro atoms. The predicted molar refractivity (Wildman–Crippen MR) is 90.5 cm³/mol. The lowest BCUT2D eigenvalue weighted by Gasteiger charge is -2.23. The second kappa shape index (κ2) is 6.31. The van der Waals surface area contributed by atoms with Gasteiger partial charge in [0, 0.05) is 0 Å². The lowest BCUT2D eigenvalue weighted by molar-refractivity contribution is -0.186. The van der Waals surface area contributed by atoms with Gasteiger partial charge in [0.2, 0.25) is 0 Å². The van der Waals surface area contributed by atoms with Crippen LogP contribution in [0.2, 0.25) is 0 Å². The van der Waals surface area contributed by atoms with Crippen LogP contribution in [-0.4, -0.2) is 0 Å². The third-order valence-electron chi connectivity index (χ3n) is 4.44. The molecule has 124 valence electrons. The molecule has 1 nitrogen and oxygen atoms in total. The predicted octanol–water partition coefficient (Wildman–Crippen LogP) is 5.92. The molecule has 2 aromatic carbocycles. The van der Waals surface area contributed by atoms with E-state index in [2.05, 4.69) is 0 Å². The quantitative estimate of drug-likeness (QED) is 0.680. The Labute approximate surface area is 137 Å². The highest BCUT2D eigenvalue weighted by Gasteiger charge is 2.38. The minimum Gasteiger partial charge on any atom is -0.429 e. The van der Waals surface area contributed by atoms with Crippen LogP contribution in [0.5, 0.6) is 5.75 Å². The SMILES string of the molecule is CCc1cc(C)c(C(F)(F)Oc2cc(C)c(C)c(C)c2)c(C)c1. The van der Waals surface area contributed by atoms with E-state index in [0.717, 1.165) is 28.7 Å². The molecule has 0 heterocycles. The van der Waals surface area contributed by atoms with E-state index in [4.69, 9.17) is 4.74 Å². The Balaban J connectivity index is 2.43. The zero-order valence-corrected chi connectivity index (χ0v) is 14.7. The first-order valence-corrected chi connectivity index (χ1v) is 7.91. The van der Waals surface area contributed by atoms with Crippen LogP contribution in [0, 0.1) is 34.6 Å². The monoisotopic (exact) mass is 318 g/mol. The Morgan fingerprint density at radius 2 is 1.30 bits per heavy atom. The molecule has 0 aliphatic heterocycles. The van der Waals surface area contributed by atoms with Gasteiger partial charge >= 0.3 is 6.11 Å². The highest BCUT2D eigenvalue weighted by Crippen LogP contribution is 2.37. The molecule has 23 heavy (non-hydrogen) atoms. The van der Waals surface area contributed by atoms with Crippen molar-refractivity contribution >= 4 is 0 Å². The molecule has 2 aromatic rings. The van der Waals surface area contributed by atoms with Crippen LogP contribution >= 0.6 is 0 Å². The van der Waals surface area contributed by atoms with Gasteiger partial charge in [0.05, 0.1) is 5.56 Å². The molecule has 0 bridgehead atoms. The molecule has 0 aromatic heterocycles. The lowest BCUT2D eigenvalue weighted by atomic mass is 9.97. The fourth-order valence-corrected chi connectivity index (χ4v) is 2.97. The summed E-state index contributed by atoms with van der Waals surface area (Å²) in [5.74, 6) is 0.203. The molecular formula is C20H24F2O. The van der Waals surface area contributed by atoms with Gasteiger partial charge in [-0.05, 0) is 86.6 Å². The van der Waals surface area contributed by atoms with E-state index in [9.17, 15) is 8.78 Å². The van der Waals surface area contributed by atoms with Crippen molar-refractivity contribution < 1.29 is 13.5 Å². The second-order valence-corrected chi connectivity index (χ2v) is 6.26. The molecule has 0 radical (unpaired) electrons. The van der Waals surface area contributed by atoms with Crippen molar-refractivity contribution in [2.45, 2.75) is 54.1 Å². The molecular weight excluding hydrogens is 294 g/mol. The number of benzene rings is 2. The third kappa shape index (κ3) is 3.54. The van der Waals surface area contributed by atoms with Crippen LogP contribution in [0.3, 0.4) is 0 Å². The summed E-state index contributed by atoms with van der Waals surface area (Å²) in [5.41, 5.74) is 5.14. The molecule has 0 atom stereocenters. The van der Waals surface area contributed by atoms with E-state index in [-0.39, 0.29) is 11.3 Å². The molecule has 2 rings (SSSR count). The minimum absolute atomic E-state index is 0.0365. The number of ether oxygens (including phenoxy) is 1. The van der Waals surface area contributed by atoms with Crippen LogP contribution in [0.4, 0.5) is 8.78 Å². The smallest absolute Gasteiger partial charge is 0.427 e. The van der Waals surface area contributed by atoms with Crippen LogP contribution in [0.25, 0.3) is 0 Å². The van der Waals surface area contributed by atoms with E-state index in [1.54, 1.807) is 26.0 Å². The van der Waals surface area contributed by atoms with Crippen LogP contribution in [-0.2, 0) is 12.5 Å². The number of alkyl halides is 2. The maximum Gasteiger partial charge on any atom is 0.427 e. The fraction of sp³-hybridized carbons (Fsp3) is 0.400. The average Bonchev–Trinajstić information content (AvgIpc) is 2.42. The first kappa shape index (κ1) is 17.5. The van der Waals surface area contributed by atoms with Crippen molar-refractivity contribution in [1.29, 1.82) is 0 Å².